The molecule has 0 aromatic heterocycles. The normalized spacial score (nSPS) is 24.6. The van der Waals surface area contributed by atoms with Crippen molar-refractivity contribution in [1.29, 1.82) is 0 Å². The van der Waals surface area contributed by atoms with Crippen LogP contribution >= 0.6 is 27.5 Å². The summed E-state index contributed by atoms with van der Waals surface area (Å²) >= 11 is 9.49. The lowest BCUT2D eigenvalue weighted by Crippen LogP contribution is -2.44. The van der Waals surface area contributed by atoms with Crippen LogP contribution in [-0.2, 0) is 0 Å². The van der Waals surface area contributed by atoms with Crippen molar-refractivity contribution < 1.29 is 5.11 Å². The van der Waals surface area contributed by atoms with E-state index in [1.807, 2.05) is 18.2 Å². The molecule has 0 heterocycles. The van der Waals surface area contributed by atoms with Crippen LogP contribution in [0.25, 0.3) is 0 Å². The van der Waals surface area contributed by atoms with Gasteiger partial charge in [-0.25, -0.2) is 0 Å². The molecule has 0 spiro atoms. The number of hydrogen-bond donors (Lipinski definition) is 3. The van der Waals surface area contributed by atoms with E-state index in [1.165, 1.54) is 12.8 Å². The van der Waals surface area contributed by atoms with Gasteiger partial charge in [-0.05, 0) is 52.4 Å². The minimum absolute atomic E-state index is 0.0979. The first-order valence-corrected chi connectivity index (χ1v) is 8.34. The largest absolute Gasteiger partial charge is 0.396 e. The highest BCUT2D eigenvalue weighted by Gasteiger charge is 2.26. The topological polar surface area (TPSA) is 58.3 Å². The molecule has 2 rings (SSSR count). The Morgan fingerprint density at radius 1 is 1.40 bits per heavy atom. The lowest BCUT2D eigenvalue weighted by atomic mass is 9.84. The van der Waals surface area contributed by atoms with Crippen LogP contribution in [0.5, 0.6) is 0 Å². The zero-order chi connectivity index (χ0) is 14.5. The van der Waals surface area contributed by atoms with Gasteiger partial charge in [-0.2, -0.15) is 0 Å². The van der Waals surface area contributed by atoms with E-state index < -0.39 is 0 Å². The van der Waals surface area contributed by atoms with Gasteiger partial charge < -0.3 is 16.2 Å². The molecule has 0 amide bonds. The fourth-order valence-corrected chi connectivity index (χ4v) is 3.45. The molecule has 3 unspecified atom stereocenters. The third kappa shape index (κ3) is 3.95. The number of halogens is 2. The maximum absolute atomic E-state index is 9.50. The van der Waals surface area contributed by atoms with Crippen molar-refractivity contribution >= 4 is 27.5 Å². The van der Waals surface area contributed by atoms with Crippen LogP contribution in [0.4, 0.5) is 0 Å². The zero-order valence-electron chi connectivity index (χ0n) is 11.5. The molecule has 1 aliphatic rings. The summed E-state index contributed by atoms with van der Waals surface area (Å²) in [5.74, 6) is 0.341. The fraction of sp³-hybridized carbons (Fsp3) is 0.600. The second-order valence-corrected chi connectivity index (χ2v) is 6.72. The Kier molecular flexibility index (Phi) is 6.30. The molecule has 1 aromatic rings. The van der Waals surface area contributed by atoms with Crippen LogP contribution in [0.15, 0.2) is 22.7 Å². The van der Waals surface area contributed by atoms with Crippen LogP contribution in [0.2, 0.25) is 5.02 Å². The van der Waals surface area contributed by atoms with Gasteiger partial charge in [0.2, 0.25) is 0 Å². The molecule has 20 heavy (non-hydrogen) atoms. The van der Waals surface area contributed by atoms with E-state index >= 15 is 0 Å². The monoisotopic (exact) mass is 360 g/mol. The number of aliphatic hydroxyl groups excluding tert-OH is 1. The Morgan fingerprint density at radius 3 is 2.80 bits per heavy atom. The standard InChI is InChI=1S/C15H22BrClN2O/c16-12-7-10(5-6-13(12)17)15(8-18)19-14-4-2-1-3-11(14)9-20/h5-7,11,14-15,19-20H,1-4,8-9,18H2. The van der Waals surface area contributed by atoms with Gasteiger partial charge in [0.1, 0.15) is 0 Å². The minimum atomic E-state index is 0.0979. The summed E-state index contributed by atoms with van der Waals surface area (Å²) in [6.07, 6.45) is 4.63. The van der Waals surface area contributed by atoms with Crippen LogP contribution in [0.3, 0.4) is 0 Å². The molecule has 0 radical (unpaired) electrons. The van der Waals surface area contributed by atoms with Crippen molar-refractivity contribution in [2.75, 3.05) is 13.2 Å². The summed E-state index contributed by atoms with van der Waals surface area (Å²) in [4.78, 5) is 0. The lowest BCUT2D eigenvalue weighted by molar-refractivity contribution is 0.146. The van der Waals surface area contributed by atoms with E-state index in [0.717, 1.165) is 22.9 Å². The van der Waals surface area contributed by atoms with E-state index in [4.69, 9.17) is 17.3 Å². The molecule has 1 saturated carbocycles. The van der Waals surface area contributed by atoms with Crippen molar-refractivity contribution in [2.45, 2.75) is 37.8 Å². The van der Waals surface area contributed by atoms with Gasteiger partial charge in [-0.15, -0.1) is 0 Å². The van der Waals surface area contributed by atoms with Crippen LogP contribution < -0.4 is 11.1 Å². The Morgan fingerprint density at radius 2 is 2.15 bits per heavy atom. The van der Waals surface area contributed by atoms with Gasteiger partial charge in [-0.1, -0.05) is 30.5 Å². The highest BCUT2D eigenvalue weighted by atomic mass is 79.9. The molecular weight excluding hydrogens is 340 g/mol. The summed E-state index contributed by atoms with van der Waals surface area (Å²) in [5.41, 5.74) is 7.05. The predicted octanol–water partition coefficient (Wildman–Crippen LogP) is 3.24. The van der Waals surface area contributed by atoms with Crippen molar-refractivity contribution in [3.8, 4) is 0 Å². The van der Waals surface area contributed by atoms with Gasteiger partial charge in [0.25, 0.3) is 0 Å². The summed E-state index contributed by atoms with van der Waals surface area (Å²) in [6, 6.07) is 6.35. The second kappa shape index (κ2) is 7.76. The number of hydrogen-bond acceptors (Lipinski definition) is 3. The quantitative estimate of drug-likeness (QED) is 0.754. The molecule has 3 atom stereocenters. The van der Waals surface area contributed by atoms with Gasteiger partial charge >= 0.3 is 0 Å². The van der Waals surface area contributed by atoms with Crippen molar-refractivity contribution in [3.05, 3.63) is 33.3 Å². The number of nitrogens with one attached hydrogen (secondary N) is 1. The summed E-state index contributed by atoms with van der Waals surface area (Å²) in [5, 5.41) is 13.8. The Balaban J connectivity index is 2.09. The summed E-state index contributed by atoms with van der Waals surface area (Å²) in [6.45, 7) is 0.780. The Labute approximate surface area is 134 Å². The first-order valence-electron chi connectivity index (χ1n) is 7.17. The van der Waals surface area contributed by atoms with E-state index in [-0.39, 0.29) is 12.6 Å². The predicted molar refractivity (Wildman–Crippen MR) is 86.9 cm³/mol. The molecule has 1 aliphatic carbocycles. The van der Waals surface area contributed by atoms with Gasteiger partial charge in [0.15, 0.2) is 0 Å². The van der Waals surface area contributed by atoms with Crippen molar-refractivity contribution in [3.63, 3.8) is 0 Å². The van der Waals surface area contributed by atoms with Crippen molar-refractivity contribution in [2.24, 2.45) is 11.7 Å². The molecule has 3 nitrogen and oxygen atoms in total. The van der Waals surface area contributed by atoms with E-state index in [0.29, 0.717) is 23.5 Å². The number of benzene rings is 1. The average molecular weight is 362 g/mol. The van der Waals surface area contributed by atoms with Crippen LogP contribution in [0, 0.1) is 5.92 Å². The molecule has 0 saturated heterocycles. The van der Waals surface area contributed by atoms with E-state index in [2.05, 4.69) is 21.2 Å². The lowest BCUT2D eigenvalue weighted by Gasteiger charge is -2.34. The van der Waals surface area contributed by atoms with Crippen molar-refractivity contribution in [1.82, 2.24) is 5.32 Å². The molecule has 1 fully saturated rings. The first kappa shape index (κ1) is 16.2. The highest BCUT2D eigenvalue weighted by molar-refractivity contribution is 9.10. The number of nitrogens with two attached hydrogens (primary N) is 1. The Bertz CT molecular complexity index is 444. The first-order chi connectivity index (χ1) is 9.65. The highest BCUT2D eigenvalue weighted by Crippen LogP contribution is 2.29. The van der Waals surface area contributed by atoms with E-state index in [9.17, 15) is 5.11 Å². The summed E-state index contributed by atoms with van der Waals surface area (Å²) in [7, 11) is 0. The smallest absolute Gasteiger partial charge is 0.0548 e. The van der Waals surface area contributed by atoms with Gasteiger partial charge in [-0.3, -0.25) is 0 Å². The SMILES string of the molecule is NCC(NC1CCCCC1CO)c1ccc(Cl)c(Br)c1. The Hall–Kier alpha value is -0.130. The third-order valence-electron chi connectivity index (χ3n) is 4.14. The third-order valence-corrected chi connectivity index (χ3v) is 5.35. The van der Waals surface area contributed by atoms with Gasteiger partial charge in [0, 0.05) is 29.7 Å². The molecule has 1 aromatic carbocycles. The van der Waals surface area contributed by atoms with Gasteiger partial charge in [0.05, 0.1) is 5.02 Å². The molecule has 4 N–H and O–H groups in total. The maximum Gasteiger partial charge on any atom is 0.0548 e. The average Bonchev–Trinajstić information content (AvgIpc) is 2.48. The van der Waals surface area contributed by atoms with Crippen LogP contribution in [-0.4, -0.2) is 24.3 Å². The number of aliphatic hydroxyl groups is 1. The molecule has 5 heteroatoms. The molecule has 0 aliphatic heterocycles. The fourth-order valence-electron chi connectivity index (χ4n) is 2.93. The maximum atomic E-state index is 9.50. The summed E-state index contributed by atoms with van der Waals surface area (Å²) < 4.78 is 0.888. The second-order valence-electron chi connectivity index (χ2n) is 5.46. The number of rotatable bonds is 5. The van der Waals surface area contributed by atoms with Crippen LogP contribution in [0.1, 0.15) is 37.3 Å². The molecular formula is C15H22BrClN2O. The zero-order valence-corrected chi connectivity index (χ0v) is 13.8. The van der Waals surface area contributed by atoms with E-state index in [1.54, 1.807) is 0 Å². The molecule has 0 bridgehead atoms. The molecule has 112 valence electrons. The minimum Gasteiger partial charge on any atom is -0.396 e.